The molecule has 1 aromatic rings. The van der Waals surface area contributed by atoms with Crippen molar-refractivity contribution in [2.24, 2.45) is 0 Å². The van der Waals surface area contributed by atoms with E-state index in [1.807, 2.05) is 6.20 Å². The fourth-order valence-electron chi connectivity index (χ4n) is 1.99. The molecule has 0 aliphatic carbocycles. The molecule has 0 spiro atoms. The lowest BCUT2D eigenvalue weighted by atomic mass is 9.91. The Labute approximate surface area is 89.7 Å². The number of pyridine rings is 1. The number of rotatable bonds is 1. The molecule has 1 fully saturated rings. The van der Waals surface area contributed by atoms with Gasteiger partial charge >= 0.3 is 0 Å². The third-order valence-electron chi connectivity index (χ3n) is 2.78. The van der Waals surface area contributed by atoms with Crippen molar-refractivity contribution in [3.05, 3.63) is 28.5 Å². The number of aromatic nitrogens is 1. The number of hydrogen-bond donors (Lipinski definition) is 1. The van der Waals surface area contributed by atoms with Gasteiger partial charge in [-0.05, 0) is 49.9 Å². The summed E-state index contributed by atoms with van der Waals surface area (Å²) in [6.07, 6.45) is 4.17. The third-order valence-corrected chi connectivity index (χ3v) is 3.10. The lowest BCUT2D eigenvalue weighted by molar-refractivity contribution is 0.459. The van der Waals surface area contributed by atoms with E-state index in [1.54, 1.807) is 0 Å². The van der Waals surface area contributed by atoms with Crippen LogP contribution in [0, 0.1) is 6.92 Å². The molecule has 3 heteroatoms. The second-order valence-electron chi connectivity index (χ2n) is 3.92. The number of aryl methyl sites for hydroxylation is 1. The first-order valence-electron chi connectivity index (χ1n) is 5.10. The minimum Gasteiger partial charge on any atom is -0.317 e. The molecule has 2 heterocycles. The van der Waals surface area contributed by atoms with E-state index in [1.165, 1.54) is 24.0 Å². The predicted octanol–water partition coefficient (Wildman–Crippen LogP) is 2.51. The molecule has 0 radical (unpaired) electrons. The molecule has 1 aromatic heterocycles. The summed E-state index contributed by atoms with van der Waals surface area (Å²) in [4.78, 5) is 4.20. The Hall–Kier alpha value is -0.600. The van der Waals surface area contributed by atoms with E-state index < -0.39 is 0 Å². The standard InChI is InChI=1S/C11H15ClN2/c1-8-6-10(11(12)14-7-8)9-2-4-13-5-3-9/h6-7,9,13H,2-5H2,1H3. The second-order valence-corrected chi connectivity index (χ2v) is 4.27. The van der Waals surface area contributed by atoms with Crippen LogP contribution in [0.4, 0.5) is 0 Å². The van der Waals surface area contributed by atoms with E-state index in [0.29, 0.717) is 11.1 Å². The lowest BCUT2D eigenvalue weighted by Crippen LogP contribution is -2.26. The van der Waals surface area contributed by atoms with Gasteiger partial charge in [-0.25, -0.2) is 4.98 Å². The van der Waals surface area contributed by atoms with Crippen molar-refractivity contribution in [3.8, 4) is 0 Å². The average Bonchev–Trinajstić information content (AvgIpc) is 2.23. The molecule has 2 nitrogen and oxygen atoms in total. The molecule has 0 saturated carbocycles. The molecule has 0 amide bonds. The van der Waals surface area contributed by atoms with Gasteiger partial charge in [0.15, 0.2) is 0 Å². The number of nitrogens with zero attached hydrogens (tertiary/aromatic N) is 1. The highest BCUT2D eigenvalue weighted by atomic mass is 35.5. The summed E-state index contributed by atoms with van der Waals surface area (Å²) < 4.78 is 0. The fourth-order valence-corrected chi connectivity index (χ4v) is 2.25. The molecule has 0 aromatic carbocycles. The van der Waals surface area contributed by atoms with E-state index in [-0.39, 0.29) is 0 Å². The molecular weight excluding hydrogens is 196 g/mol. The van der Waals surface area contributed by atoms with E-state index in [0.717, 1.165) is 13.1 Å². The minimum atomic E-state index is 0.594. The zero-order valence-electron chi connectivity index (χ0n) is 8.39. The number of halogens is 1. The van der Waals surface area contributed by atoms with Crippen LogP contribution in [-0.4, -0.2) is 18.1 Å². The smallest absolute Gasteiger partial charge is 0.132 e. The van der Waals surface area contributed by atoms with Crippen LogP contribution >= 0.6 is 11.6 Å². The van der Waals surface area contributed by atoms with Crippen molar-refractivity contribution < 1.29 is 0 Å². The average molecular weight is 211 g/mol. The summed E-state index contributed by atoms with van der Waals surface area (Å²) in [5.41, 5.74) is 2.43. The summed E-state index contributed by atoms with van der Waals surface area (Å²) in [5.74, 6) is 0.594. The Morgan fingerprint density at radius 3 is 2.86 bits per heavy atom. The molecular formula is C11H15ClN2. The first kappa shape index (κ1) is 9.94. The van der Waals surface area contributed by atoms with Gasteiger partial charge in [0.25, 0.3) is 0 Å². The van der Waals surface area contributed by atoms with Gasteiger partial charge in [-0.2, -0.15) is 0 Å². The van der Waals surface area contributed by atoms with Gasteiger partial charge in [-0.15, -0.1) is 0 Å². The Morgan fingerprint density at radius 2 is 2.14 bits per heavy atom. The molecule has 1 aliphatic rings. The second kappa shape index (κ2) is 4.28. The van der Waals surface area contributed by atoms with Gasteiger partial charge in [0, 0.05) is 6.20 Å². The summed E-state index contributed by atoms with van der Waals surface area (Å²) in [7, 11) is 0. The first-order valence-corrected chi connectivity index (χ1v) is 5.48. The topological polar surface area (TPSA) is 24.9 Å². The molecule has 76 valence electrons. The Morgan fingerprint density at radius 1 is 1.43 bits per heavy atom. The molecule has 1 aliphatic heterocycles. The van der Waals surface area contributed by atoms with Gasteiger partial charge in [0.05, 0.1) is 0 Å². The summed E-state index contributed by atoms with van der Waals surface area (Å²) in [5, 5.41) is 4.04. The molecule has 14 heavy (non-hydrogen) atoms. The molecule has 1 saturated heterocycles. The maximum atomic E-state index is 6.10. The highest BCUT2D eigenvalue weighted by molar-refractivity contribution is 6.30. The van der Waals surface area contributed by atoms with Crippen molar-refractivity contribution in [2.75, 3.05) is 13.1 Å². The van der Waals surface area contributed by atoms with E-state index in [2.05, 4.69) is 23.3 Å². The fraction of sp³-hybridized carbons (Fsp3) is 0.545. The summed E-state index contributed by atoms with van der Waals surface area (Å²) in [6.45, 7) is 4.25. The van der Waals surface area contributed by atoms with Crippen LogP contribution in [0.5, 0.6) is 0 Å². The van der Waals surface area contributed by atoms with Gasteiger partial charge < -0.3 is 5.32 Å². The van der Waals surface area contributed by atoms with Crippen LogP contribution in [0.3, 0.4) is 0 Å². The van der Waals surface area contributed by atoms with Gasteiger partial charge in [-0.1, -0.05) is 17.7 Å². The molecule has 0 bridgehead atoms. The van der Waals surface area contributed by atoms with E-state index in [4.69, 9.17) is 11.6 Å². The van der Waals surface area contributed by atoms with Crippen LogP contribution in [0.15, 0.2) is 12.3 Å². The quantitative estimate of drug-likeness (QED) is 0.721. The van der Waals surface area contributed by atoms with Crippen LogP contribution < -0.4 is 5.32 Å². The summed E-state index contributed by atoms with van der Waals surface area (Å²) >= 11 is 6.10. The van der Waals surface area contributed by atoms with Crippen LogP contribution in [0.1, 0.15) is 29.9 Å². The molecule has 0 unspecified atom stereocenters. The zero-order valence-corrected chi connectivity index (χ0v) is 9.14. The monoisotopic (exact) mass is 210 g/mol. The highest BCUT2D eigenvalue weighted by Crippen LogP contribution is 2.30. The Balaban J connectivity index is 2.24. The van der Waals surface area contributed by atoms with Crippen molar-refractivity contribution in [1.82, 2.24) is 10.3 Å². The first-order chi connectivity index (χ1) is 6.77. The maximum Gasteiger partial charge on any atom is 0.132 e. The van der Waals surface area contributed by atoms with Gasteiger partial charge in [0.1, 0.15) is 5.15 Å². The molecule has 0 atom stereocenters. The lowest BCUT2D eigenvalue weighted by Gasteiger charge is -2.23. The molecule has 2 rings (SSSR count). The normalized spacial score (nSPS) is 18.4. The van der Waals surface area contributed by atoms with Crippen molar-refractivity contribution in [3.63, 3.8) is 0 Å². The highest BCUT2D eigenvalue weighted by Gasteiger charge is 2.18. The largest absolute Gasteiger partial charge is 0.317 e. The maximum absolute atomic E-state index is 6.10. The van der Waals surface area contributed by atoms with Crippen molar-refractivity contribution in [1.29, 1.82) is 0 Å². The Bertz CT molecular complexity index is 319. The zero-order chi connectivity index (χ0) is 9.97. The van der Waals surface area contributed by atoms with Gasteiger partial charge in [-0.3, -0.25) is 0 Å². The van der Waals surface area contributed by atoms with Crippen LogP contribution in [0.2, 0.25) is 5.15 Å². The summed E-state index contributed by atoms with van der Waals surface area (Å²) in [6, 6.07) is 2.17. The number of piperidine rings is 1. The third kappa shape index (κ3) is 2.07. The van der Waals surface area contributed by atoms with Gasteiger partial charge in [0.2, 0.25) is 0 Å². The predicted molar refractivity (Wildman–Crippen MR) is 58.8 cm³/mol. The minimum absolute atomic E-state index is 0.594. The Kier molecular flexibility index (Phi) is 3.04. The van der Waals surface area contributed by atoms with E-state index >= 15 is 0 Å². The van der Waals surface area contributed by atoms with Crippen LogP contribution in [0.25, 0.3) is 0 Å². The number of hydrogen-bond acceptors (Lipinski definition) is 2. The number of nitrogens with one attached hydrogen (secondary N) is 1. The van der Waals surface area contributed by atoms with Crippen LogP contribution in [-0.2, 0) is 0 Å². The van der Waals surface area contributed by atoms with Crippen molar-refractivity contribution in [2.45, 2.75) is 25.7 Å². The van der Waals surface area contributed by atoms with E-state index in [9.17, 15) is 0 Å². The van der Waals surface area contributed by atoms with Crippen molar-refractivity contribution >= 4 is 11.6 Å². The SMILES string of the molecule is Cc1cnc(Cl)c(C2CCNCC2)c1. The molecule has 1 N–H and O–H groups in total.